The lowest BCUT2D eigenvalue weighted by Gasteiger charge is -2.18. The highest BCUT2D eigenvalue weighted by Gasteiger charge is 2.12. The Morgan fingerprint density at radius 3 is 2.61 bits per heavy atom. The van der Waals surface area contributed by atoms with Crippen molar-refractivity contribution in [2.75, 3.05) is 5.32 Å². The second-order valence-electron chi connectivity index (χ2n) is 4.65. The Labute approximate surface area is 107 Å². The van der Waals surface area contributed by atoms with Crippen LogP contribution in [0.1, 0.15) is 29.8 Å². The van der Waals surface area contributed by atoms with E-state index >= 15 is 0 Å². The van der Waals surface area contributed by atoms with E-state index in [0.29, 0.717) is 5.75 Å². The van der Waals surface area contributed by atoms with Gasteiger partial charge in [-0.3, -0.25) is 4.68 Å². The molecule has 0 bridgehead atoms. The molecule has 0 aliphatic rings. The van der Waals surface area contributed by atoms with Gasteiger partial charge in [0.1, 0.15) is 5.75 Å². The van der Waals surface area contributed by atoms with Crippen molar-refractivity contribution >= 4 is 5.69 Å². The normalized spacial score (nSPS) is 12.4. The van der Waals surface area contributed by atoms with E-state index in [1.54, 1.807) is 6.20 Å². The summed E-state index contributed by atoms with van der Waals surface area (Å²) in [7, 11) is 1.92. The number of rotatable bonds is 3. The molecule has 18 heavy (non-hydrogen) atoms. The number of hydrogen-bond acceptors (Lipinski definition) is 3. The van der Waals surface area contributed by atoms with Crippen LogP contribution >= 0.6 is 0 Å². The number of phenolic OH excluding ortho intramolecular Hbond substituents is 1. The van der Waals surface area contributed by atoms with Gasteiger partial charge >= 0.3 is 0 Å². The van der Waals surface area contributed by atoms with Crippen molar-refractivity contribution in [1.82, 2.24) is 9.78 Å². The summed E-state index contributed by atoms with van der Waals surface area (Å²) in [6.45, 7) is 5.89. The number of hydrogen-bond donors (Lipinski definition) is 2. The van der Waals surface area contributed by atoms with Crippen molar-refractivity contribution in [2.45, 2.75) is 26.8 Å². The topological polar surface area (TPSA) is 50.1 Å². The number of nitrogens with zero attached hydrogens (tertiary/aromatic N) is 2. The maximum atomic E-state index is 9.93. The molecule has 0 fully saturated rings. The van der Waals surface area contributed by atoms with Crippen LogP contribution in [0.25, 0.3) is 0 Å². The summed E-state index contributed by atoms with van der Waals surface area (Å²) in [5, 5.41) is 17.5. The number of nitrogens with one attached hydrogen (secondary N) is 1. The maximum absolute atomic E-state index is 9.93. The molecule has 1 aromatic carbocycles. The molecule has 2 aromatic rings. The van der Waals surface area contributed by atoms with Crippen molar-refractivity contribution in [3.8, 4) is 5.75 Å². The van der Waals surface area contributed by atoms with Gasteiger partial charge in [-0.25, -0.2) is 0 Å². The second kappa shape index (κ2) is 4.72. The SMILES string of the molecule is Cc1ccc(NC(C)c2ccnn2C)c(C)c1O. The minimum atomic E-state index is 0.137. The molecule has 2 N–H and O–H groups in total. The van der Waals surface area contributed by atoms with Crippen LogP contribution in [0, 0.1) is 13.8 Å². The van der Waals surface area contributed by atoms with E-state index in [1.807, 2.05) is 43.8 Å². The molecule has 1 unspecified atom stereocenters. The highest BCUT2D eigenvalue weighted by Crippen LogP contribution is 2.30. The van der Waals surface area contributed by atoms with Crippen molar-refractivity contribution < 1.29 is 5.11 Å². The first-order chi connectivity index (χ1) is 8.50. The minimum Gasteiger partial charge on any atom is -0.507 e. The molecule has 0 saturated heterocycles. The largest absolute Gasteiger partial charge is 0.507 e. The molecule has 4 nitrogen and oxygen atoms in total. The average Bonchev–Trinajstić information content (AvgIpc) is 2.76. The molecule has 0 amide bonds. The van der Waals surface area contributed by atoms with Crippen molar-refractivity contribution in [3.05, 3.63) is 41.2 Å². The van der Waals surface area contributed by atoms with Gasteiger partial charge in [0, 0.05) is 24.5 Å². The number of aryl methyl sites for hydroxylation is 2. The van der Waals surface area contributed by atoms with Gasteiger partial charge in [0.2, 0.25) is 0 Å². The fourth-order valence-corrected chi connectivity index (χ4v) is 2.11. The number of benzene rings is 1. The van der Waals surface area contributed by atoms with E-state index in [-0.39, 0.29) is 6.04 Å². The Balaban J connectivity index is 2.25. The molecular weight excluding hydrogens is 226 g/mol. The first-order valence-electron chi connectivity index (χ1n) is 6.04. The molecular formula is C14H19N3O. The van der Waals surface area contributed by atoms with Gasteiger partial charge in [-0.15, -0.1) is 0 Å². The number of aromatic hydroxyl groups is 1. The predicted octanol–water partition coefficient (Wildman–Crippen LogP) is 2.92. The molecule has 1 atom stereocenters. The monoisotopic (exact) mass is 245 g/mol. The fraction of sp³-hybridized carbons (Fsp3) is 0.357. The lowest BCUT2D eigenvalue weighted by atomic mass is 10.1. The first-order valence-corrected chi connectivity index (χ1v) is 6.04. The van der Waals surface area contributed by atoms with Crippen molar-refractivity contribution in [2.24, 2.45) is 7.05 Å². The molecule has 2 rings (SSSR count). The summed E-state index contributed by atoms with van der Waals surface area (Å²) in [4.78, 5) is 0. The zero-order valence-electron chi connectivity index (χ0n) is 11.2. The van der Waals surface area contributed by atoms with E-state index in [4.69, 9.17) is 0 Å². The van der Waals surface area contributed by atoms with Crippen molar-refractivity contribution in [3.63, 3.8) is 0 Å². The molecule has 0 aliphatic carbocycles. The van der Waals surface area contributed by atoms with Crippen LogP contribution in [0.5, 0.6) is 5.75 Å². The molecule has 1 aromatic heterocycles. The first kappa shape index (κ1) is 12.5. The Morgan fingerprint density at radius 2 is 2.00 bits per heavy atom. The third-order valence-corrected chi connectivity index (χ3v) is 3.31. The summed E-state index contributed by atoms with van der Waals surface area (Å²) < 4.78 is 1.85. The number of aromatic nitrogens is 2. The lowest BCUT2D eigenvalue weighted by Crippen LogP contribution is -2.12. The van der Waals surface area contributed by atoms with Crippen LogP contribution in [0.2, 0.25) is 0 Å². The highest BCUT2D eigenvalue weighted by molar-refractivity contribution is 5.59. The summed E-state index contributed by atoms with van der Waals surface area (Å²) in [5.74, 6) is 0.359. The molecule has 0 saturated carbocycles. The smallest absolute Gasteiger partial charge is 0.123 e. The zero-order chi connectivity index (χ0) is 13.3. The van der Waals surface area contributed by atoms with Gasteiger partial charge in [-0.1, -0.05) is 6.07 Å². The van der Waals surface area contributed by atoms with Crippen LogP contribution in [-0.2, 0) is 7.05 Å². The van der Waals surface area contributed by atoms with Gasteiger partial charge in [0.25, 0.3) is 0 Å². The highest BCUT2D eigenvalue weighted by atomic mass is 16.3. The van der Waals surface area contributed by atoms with Crippen LogP contribution in [-0.4, -0.2) is 14.9 Å². The molecule has 0 aliphatic heterocycles. The molecule has 0 radical (unpaired) electrons. The minimum absolute atomic E-state index is 0.137. The second-order valence-corrected chi connectivity index (χ2v) is 4.65. The number of anilines is 1. The molecule has 1 heterocycles. The maximum Gasteiger partial charge on any atom is 0.123 e. The van der Waals surface area contributed by atoms with Crippen LogP contribution < -0.4 is 5.32 Å². The molecule has 96 valence electrons. The Morgan fingerprint density at radius 1 is 1.28 bits per heavy atom. The van der Waals surface area contributed by atoms with E-state index in [0.717, 1.165) is 22.5 Å². The van der Waals surface area contributed by atoms with Crippen LogP contribution in [0.4, 0.5) is 5.69 Å². The van der Waals surface area contributed by atoms with E-state index in [1.165, 1.54) is 0 Å². The number of phenols is 1. The zero-order valence-corrected chi connectivity index (χ0v) is 11.2. The Kier molecular flexibility index (Phi) is 3.28. The Bertz CT molecular complexity index is 560. The lowest BCUT2D eigenvalue weighted by molar-refractivity contribution is 0.467. The van der Waals surface area contributed by atoms with Gasteiger partial charge < -0.3 is 10.4 Å². The molecule has 0 spiro atoms. The van der Waals surface area contributed by atoms with Crippen LogP contribution in [0.15, 0.2) is 24.4 Å². The van der Waals surface area contributed by atoms with Crippen LogP contribution in [0.3, 0.4) is 0 Å². The fourth-order valence-electron chi connectivity index (χ4n) is 2.11. The van der Waals surface area contributed by atoms with Gasteiger partial charge in [0.15, 0.2) is 0 Å². The summed E-state index contributed by atoms with van der Waals surface area (Å²) in [6.07, 6.45) is 1.78. The summed E-state index contributed by atoms with van der Waals surface area (Å²) in [5.41, 5.74) is 3.83. The third-order valence-electron chi connectivity index (χ3n) is 3.31. The Hall–Kier alpha value is -1.97. The molecule has 4 heteroatoms. The van der Waals surface area contributed by atoms with Gasteiger partial charge in [0.05, 0.1) is 11.7 Å². The van der Waals surface area contributed by atoms with Gasteiger partial charge in [-0.2, -0.15) is 5.10 Å². The average molecular weight is 245 g/mol. The van der Waals surface area contributed by atoms with E-state index < -0.39 is 0 Å². The van der Waals surface area contributed by atoms with E-state index in [2.05, 4.69) is 17.3 Å². The predicted molar refractivity (Wildman–Crippen MR) is 72.8 cm³/mol. The van der Waals surface area contributed by atoms with Crippen molar-refractivity contribution in [1.29, 1.82) is 0 Å². The standard InChI is InChI=1S/C14H19N3O/c1-9-5-6-12(10(2)14(9)18)16-11(3)13-7-8-15-17(13)4/h5-8,11,16,18H,1-4H3. The van der Waals surface area contributed by atoms with Gasteiger partial charge in [-0.05, 0) is 38.5 Å². The summed E-state index contributed by atoms with van der Waals surface area (Å²) in [6, 6.07) is 6.04. The van der Waals surface area contributed by atoms with E-state index in [9.17, 15) is 5.11 Å². The summed E-state index contributed by atoms with van der Waals surface area (Å²) >= 11 is 0. The quantitative estimate of drug-likeness (QED) is 0.874. The third kappa shape index (κ3) is 2.18.